The second kappa shape index (κ2) is 7.08. The number of primary amides is 1. The van der Waals surface area contributed by atoms with Gasteiger partial charge in [0, 0.05) is 6.42 Å². The van der Waals surface area contributed by atoms with E-state index in [1.165, 1.54) is 18.2 Å². The third-order valence-corrected chi connectivity index (χ3v) is 4.93. The van der Waals surface area contributed by atoms with Crippen molar-refractivity contribution in [2.75, 3.05) is 0 Å². The molecule has 0 aliphatic carbocycles. The molecule has 0 bridgehead atoms. The Bertz CT molecular complexity index is 663. The number of benzene rings is 1. The molecule has 0 aliphatic rings. The molecule has 4 N–H and O–H groups in total. The van der Waals surface area contributed by atoms with E-state index in [9.17, 15) is 18.0 Å². The van der Waals surface area contributed by atoms with Crippen LogP contribution in [0.15, 0.2) is 23.1 Å². The van der Waals surface area contributed by atoms with Crippen molar-refractivity contribution in [3.63, 3.8) is 0 Å². The minimum atomic E-state index is -4.20. The van der Waals surface area contributed by atoms with Crippen molar-refractivity contribution in [2.24, 2.45) is 5.73 Å². The molecule has 1 aromatic carbocycles. The van der Waals surface area contributed by atoms with Crippen LogP contribution in [-0.2, 0) is 19.6 Å². The lowest BCUT2D eigenvalue weighted by atomic mass is 10.2. The molecule has 1 aromatic rings. The van der Waals surface area contributed by atoms with Crippen LogP contribution in [0.25, 0.3) is 0 Å². The minimum Gasteiger partial charge on any atom is -0.480 e. The van der Waals surface area contributed by atoms with Gasteiger partial charge in [0.05, 0.1) is 10.0 Å². The van der Waals surface area contributed by atoms with Crippen LogP contribution in [0.1, 0.15) is 12.8 Å². The summed E-state index contributed by atoms with van der Waals surface area (Å²) in [5.41, 5.74) is 4.91. The number of aliphatic carboxylic acids is 1. The maximum absolute atomic E-state index is 12.1. The van der Waals surface area contributed by atoms with E-state index < -0.39 is 27.9 Å². The molecule has 0 aromatic heterocycles. The number of carboxylic acids is 1. The predicted molar refractivity (Wildman–Crippen MR) is 76.6 cm³/mol. The molecule has 0 spiro atoms. The fraction of sp³-hybridized carbons (Fsp3) is 0.273. The third kappa shape index (κ3) is 4.85. The van der Waals surface area contributed by atoms with Crippen molar-refractivity contribution in [3.05, 3.63) is 28.2 Å². The maximum atomic E-state index is 12.1. The van der Waals surface area contributed by atoms with Crippen LogP contribution in [0.2, 0.25) is 10.0 Å². The molecule has 0 heterocycles. The Labute approximate surface area is 131 Å². The Morgan fingerprint density at radius 3 is 2.48 bits per heavy atom. The van der Waals surface area contributed by atoms with Crippen molar-refractivity contribution in [1.29, 1.82) is 0 Å². The molecule has 1 amide bonds. The number of hydrogen-bond acceptors (Lipinski definition) is 4. The summed E-state index contributed by atoms with van der Waals surface area (Å²) < 4.78 is 26.2. The van der Waals surface area contributed by atoms with Crippen molar-refractivity contribution in [2.45, 2.75) is 23.8 Å². The molecule has 1 atom stereocenters. The fourth-order valence-corrected chi connectivity index (χ4v) is 3.45. The van der Waals surface area contributed by atoms with Crippen molar-refractivity contribution >= 4 is 45.1 Å². The van der Waals surface area contributed by atoms with E-state index in [0.29, 0.717) is 0 Å². The van der Waals surface area contributed by atoms with Crippen LogP contribution in [-0.4, -0.2) is 31.4 Å². The summed E-state index contributed by atoms with van der Waals surface area (Å²) in [7, 11) is -4.20. The zero-order valence-corrected chi connectivity index (χ0v) is 12.9. The topological polar surface area (TPSA) is 127 Å². The fourth-order valence-electron chi connectivity index (χ4n) is 1.46. The van der Waals surface area contributed by atoms with E-state index in [1.807, 2.05) is 4.72 Å². The predicted octanol–water partition coefficient (Wildman–Crippen LogP) is 0.990. The summed E-state index contributed by atoms with van der Waals surface area (Å²) in [6.07, 6.45) is -0.551. The first-order valence-corrected chi connectivity index (χ1v) is 7.86. The second-order valence-electron chi connectivity index (χ2n) is 4.07. The lowest BCUT2D eigenvalue weighted by Crippen LogP contribution is -2.41. The number of sulfonamides is 1. The average Bonchev–Trinajstić information content (AvgIpc) is 2.37. The van der Waals surface area contributed by atoms with E-state index in [-0.39, 0.29) is 27.8 Å². The van der Waals surface area contributed by atoms with Gasteiger partial charge in [-0.3, -0.25) is 9.59 Å². The average molecular weight is 355 g/mol. The van der Waals surface area contributed by atoms with Gasteiger partial charge in [-0.25, -0.2) is 8.42 Å². The first-order chi connectivity index (χ1) is 9.65. The van der Waals surface area contributed by atoms with Gasteiger partial charge < -0.3 is 10.8 Å². The molecule has 1 unspecified atom stereocenters. The monoisotopic (exact) mass is 354 g/mol. The largest absolute Gasteiger partial charge is 0.480 e. The van der Waals surface area contributed by atoms with Gasteiger partial charge in [0.15, 0.2) is 0 Å². The van der Waals surface area contributed by atoms with Crippen LogP contribution >= 0.6 is 23.2 Å². The molecular formula is C11H12Cl2N2O5S. The van der Waals surface area contributed by atoms with Gasteiger partial charge in [0.25, 0.3) is 0 Å². The number of carbonyl (C=O) groups is 2. The van der Waals surface area contributed by atoms with E-state index in [1.54, 1.807) is 0 Å². The van der Waals surface area contributed by atoms with Gasteiger partial charge in [-0.2, -0.15) is 4.72 Å². The summed E-state index contributed by atoms with van der Waals surface area (Å²) >= 11 is 11.5. The highest BCUT2D eigenvalue weighted by Crippen LogP contribution is 2.29. The highest BCUT2D eigenvalue weighted by molar-refractivity contribution is 7.89. The molecule has 0 saturated carbocycles. The van der Waals surface area contributed by atoms with Crippen molar-refractivity contribution in [3.8, 4) is 0 Å². The lowest BCUT2D eigenvalue weighted by Gasteiger charge is -2.15. The van der Waals surface area contributed by atoms with Crippen molar-refractivity contribution < 1.29 is 23.1 Å². The highest BCUT2D eigenvalue weighted by atomic mass is 35.5. The van der Waals surface area contributed by atoms with Gasteiger partial charge >= 0.3 is 5.97 Å². The smallest absolute Gasteiger partial charge is 0.321 e. The van der Waals surface area contributed by atoms with Gasteiger partial charge in [0.1, 0.15) is 10.9 Å². The number of rotatable bonds is 7. The Kier molecular flexibility index (Phi) is 5.97. The summed E-state index contributed by atoms with van der Waals surface area (Å²) in [6.45, 7) is 0. The Morgan fingerprint density at radius 1 is 1.33 bits per heavy atom. The van der Waals surface area contributed by atoms with Gasteiger partial charge in [-0.1, -0.05) is 29.3 Å². The van der Waals surface area contributed by atoms with Crippen LogP contribution in [0, 0.1) is 0 Å². The molecule has 10 heteroatoms. The summed E-state index contributed by atoms with van der Waals surface area (Å²) in [6, 6.07) is 2.44. The zero-order valence-electron chi connectivity index (χ0n) is 10.5. The molecule has 0 saturated heterocycles. The number of halogens is 2. The Balaban J connectivity index is 3.03. The summed E-state index contributed by atoms with van der Waals surface area (Å²) in [5.74, 6) is -2.17. The zero-order chi connectivity index (χ0) is 16.2. The molecule has 1 rings (SSSR count). The summed E-state index contributed by atoms with van der Waals surface area (Å²) in [4.78, 5) is 21.4. The number of carbonyl (C=O) groups excluding carboxylic acids is 1. The van der Waals surface area contributed by atoms with Gasteiger partial charge in [0.2, 0.25) is 15.9 Å². The summed E-state index contributed by atoms with van der Waals surface area (Å²) in [5, 5.41) is 8.78. The molecule has 0 aliphatic heterocycles. The quantitative estimate of drug-likeness (QED) is 0.672. The Hall–Kier alpha value is -1.35. The molecule has 7 nitrogen and oxygen atoms in total. The number of amides is 1. The molecular weight excluding hydrogens is 343 g/mol. The van der Waals surface area contributed by atoms with Crippen LogP contribution in [0.3, 0.4) is 0 Å². The first-order valence-electron chi connectivity index (χ1n) is 5.62. The van der Waals surface area contributed by atoms with E-state index >= 15 is 0 Å². The Morgan fingerprint density at radius 2 is 1.95 bits per heavy atom. The maximum Gasteiger partial charge on any atom is 0.321 e. The number of nitrogens with two attached hydrogens (primary N) is 1. The number of hydrogen-bond donors (Lipinski definition) is 3. The molecule has 116 valence electrons. The van der Waals surface area contributed by atoms with Crippen molar-refractivity contribution in [1.82, 2.24) is 4.72 Å². The number of carboxylic acid groups (broad SMARTS) is 1. The lowest BCUT2D eigenvalue weighted by molar-refractivity contribution is -0.139. The number of nitrogens with one attached hydrogen (secondary N) is 1. The van der Waals surface area contributed by atoms with Crippen LogP contribution in [0.5, 0.6) is 0 Å². The molecule has 0 fully saturated rings. The van der Waals surface area contributed by atoms with Crippen LogP contribution in [0.4, 0.5) is 0 Å². The van der Waals surface area contributed by atoms with E-state index in [2.05, 4.69) is 0 Å². The highest BCUT2D eigenvalue weighted by Gasteiger charge is 2.27. The normalized spacial score (nSPS) is 12.9. The minimum absolute atomic E-state index is 0.0172. The SMILES string of the molecule is NC(=O)CCC(NS(=O)(=O)c1cccc(Cl)c1Cl)C(=O)O. The van der Waals surface area contributed by atoms with Crippen LogP contribution < -0.4 is 10.5 Å². The molecule has 0 radical (unpaired) electrons. The first kappa shape index (κ1) is 17.7. The standard InChI is InChI=1S/C11H12Cl2N2O5S/c12-6-2-1-3-8(10(6)13)21(19,20)15-7(11(17)18)4-5-9(14)16/h1-3,7,15H,4-5H2,(H2,14,16)(H,17,18). The molecule has 21 heavy (non-hydrogen) atoms. The van der Waals surface area contributed by atoms with Gasteiger partial charge in [-0.05, 0) is 18.6 Å². The van der Waals surface area contributed by atoms with E-state index in [0.717, 1.165) is 0 Å². The van der Waals surface area contributed by atoms with E-state index in [4.69, 9.17) is 34.0 Å². The third-order valence-electron chi connectivity index (χ3n) is 2.48. The van der Waals surface area contributed by atoms with Gasteiger partial charge in [-0.15, -0.1) is 0 Å². The second-order valence-corrected chi connectivity index (χ2v) is 6.54.